The molecule has 0 aliphatic carbocycles. The Hall–Kier alpha value is -1.76. The van der Waals surface area contributed by atoms with Gasteiger partial charge in [-0.3, -0.25) is 5.43 Å². The molecule has 3 N–H and O–H groups in total. The first-order valence-electron chi connectivity index (χ1n) is 4.67. The number of hydrazone groups is 1. The van der Waals surface area contributed by atoms with Crippen molar-refractivity contribution in [3.05, 3.63) is 24.0 Å². The van der Waals surface area contributed by atoms with Gasteiger partial charge in [0.2, 0.25) is 0 Å². The van der Waals surface area contributed by atoms with Crippen molar-refractivity contribution in [2.45, 2.75) is 20.4 Å². The summed E-state index contributed by atoms with van der Waals surface area (Å²) in [6.07, 6.45) is 1.76. The van der Waals surface area contributed by atoms with Crippen LogP contribution in [0.25, 0.3) is 0 Å². The Morgan fingerprint density at radius 2 is 2.44 bits per heavy atom. The summed E-state index contributed by atoms with van der Waals surface area (Å²) >= 11 is 4.65. The first kappa shape index (κ1) is 12.3. The van der Waals surface area contributed by atoms with Crippen molar-refractivity contribution in [1.29, 1.82) is 0 Å². The fraction of sp³-hybridized carbons (Fsp3) is 0.333. The molecule has 0 aromatic carbocycles. The molecule has 0 atom stereocenters. The Morgan fingerprint density at radius 1 is 1.75 bits per heavy atom. The molecule has 1 rings (SSSR count). The third-order valence-electron chi connectivity index (χ3n) is 1.96. The molecule has 6 nitrogen and oxygen atoms in total. The minimum atomic E-state index is 0.121. The van der Waals surface area contributed by atoms with Gasteiger partial charge in [-0.25, -0.2) is 4.68 Å². The summed E-state index contributed by atoms with van der Waals surface area (Å²) in [5.41, 5.74) is 10.1. The van der Waals surface area contributed by atoms with Crippen LogP contribution in [0.2, 0.25) is 0 Å². The summed E-state index contributed by atoms with van der Waals surface area (Å²) in [7, 11) is 0. The number of allylic oxidation sites excluding steroid dienone is 1. The van der Waals surface area contributed by atoms with Crippen LogP contribution in [0.3, 0.4) is 0 Å². The SMILES string of the molecule is C=CCn1nnc(/C(C)=N/NC(N)=S)c1C. The van der Waals surface area contributed by atoms with Crippen LogP contribution in [0, 0.1) is 6.92 Å². The number of nitrogens with one attached hydrogen (secondary N) is 1. The number of aromatic nitrogens is 3. The van der Waals surface area contributed by atoms with E-state index in [-0.39, 0.29) is 5.11 Å². The molecule has 7 heteroatoms. The molecule has 1 aromatic rings. The number of nitrogens with two attached hydrogens (primary N) is 1. The highest BCUT2D eigenvalue weighted by Gasteiger charge is 2.10. The lowest BCUT2D eigenvalue weighted by Crippen LogP contribution is -2.25. The van der Waals surface area contributed by atoms with E-state index in [0.29, 0.717) is 18.0 Å². The van der Waals surface area contributed by atoms with Gasteiger partial charge in [0.1, 0.15) is 5.69 Å². The fourth-order valence-electron chi connectivity index (χ4n) is 1.18. The minimum absolute atomic E-state index is 0.121. The Morgan fingerprint density at radius 3 is 3.00 bits per heavy atom. The van der Waals surface area contributed by atoms with Gasteiger partial charge in [0, 0.05) is 0 Å². The molecule has 0 spiro atoms. The Labute approximate surface area is 99.2 Å². The van der Waals surface area contributed by atoms with Crippen LogP contribution in [-0.4, -0.2) is 25.8 Å². The molecular weight excluding hydrogens is 224 g/mol. The zero-order chi connectivity index (χ0) is 12.1. The highest BCUT2D eigenvalue weighted by Crippen LogP contribution is 2.04. The van der Waals surface area contributed by atoms with Crippen molar-refractivity contribution >= 4 is 23.0 Å². The van der Waals surface area contributed by atoms with E-state index in [1.807, 2.05) is 6.92 Å². The lowest BCUT2D eigenvalue weighted by molar-refractivity contribution is 0.645. The Kier molecular flexibility index (Phi) is 4.12. The van der Waals surface area contributed by atoms with Gasteiger partial charge in [0.05, 0.1) is 18.0 Å². The zero-order valence-corrected chi connectivity index (χ0v) is 10.1. The second kappa shape index (κ2) is 5.36. The van der Waals surface area contributed by atoms with Crippen molar-refractivity contribution in [2.24, 2.45) is 10.8 Å². The standard InChI is InChI=1S/C9H14N6S/c1-4-5-15-7(3)8(12-14-15)6(2)11-13-9(10)16/h4H,1,5H2,2-3H3,(H3,10,13,16)/b11-6+. The second-order valence-electron chi connectivity index (χ2n) is 3.17. The van der Waals surface area contributed by atoms with Crippen LogP contribution in [0.5, 0.6) is 0 Å². The van der Waals surface area contributed by atoms with E-state index in [2.05, 4.69) is 39.6 Å². The molecule has 0 radical (unpaired) electrons. The number of rotatable bonds is 4. The van der Waals surface area contributed by atoms with E-state index >= 15 is 0 Å². The maximum atomic E-state index is 5.27. The third kappa shape index (κ3) is 2.86. The monoisotopic (exact) mass is 238 g/mol. The van der Waals surface area contributed by atoms with Crippen LogP contribution in [0.15, 0.2) is 17.8 Å². The molecular formula is C9H14N6S. The van der Waals surface area contributed by atoms with Gasteiger partial charge in [0.15, 0.2) is 5.11 Å². The van der Waals surface area contributed by atoms with Gasteiger partial charge >= 0.3 is 0 Å². The van der Waals surface area contributed by atoms with E-state index in [0.717, 1.165) is 5.69 Å². The van der Waals surface area contributed by atoms with Crippen molar-refractivity contribution in [3.8, 4) is 0 Å². The first-order chi connectivity index (χ1) is 7.56. The molecule has 0 unspecified atom stereocenters. The summed E-state index contributed by atoms with van der Waals surface area (Å²) in [6, 6.07) is 0. The van der Waals surface area contributed by atoms with Gasteiger partial charge < -0.3 is 5.73 Å². The second-order valence-corrected chi connectivity index (χ2v) is 3.61. The highest BCUT2D eigenvalue weighted by atomic mass is 32.1. The molecule has 0 fully saturated rings. The number of thiocarbonyl (C=S) groups is 1. The maximum absolute atomic E-state index is 5.27. The third-order valence-corrected chi connectivity index (χ3v) is 2.05. The lowest BCUT2D eigenvalue weighted by Gasteiger charge is -2.00. The molecule has 0 saturated carbocycles. The summed E-state index contributed by atoms with van der Waals surface area (Å²) in [4.78, 5) is 0. The van der Waals surface area contributed by atoms with Crippen LogP contribution in [0.4, 0.5) is 0 Å². The lowest BCUT2D eigenvalue weighted by atomic mass is 10.2. The predicted octanol–water partition coefficient (Wildman–Crippen LogP) is 0.330. The average Bonchev–Trinajstić information content (AvgIpc) is 2.58. The van der Waals surface area contributed by atoms with Gasteiger partial charge in [-0.2, -0.15) is 5.10 Å². The molecule has 0 bridgehead atoms. The molecule has 0 aliphatic heterocycles. The average molecular weight is 238 g/mol. The van der Waals surface area contributed by atoms with Crippen molar-refractivity contribution in [2.75, 3.05) is 0 Å². The van der Waals surface area contributed by atoms with Gasteiger partial charge in [-0.1, -0.05) is 11.3 Å². The van der Waals surface area contributed by atoms with E-state index < -0.39 is 0 Å². The Bertz CT molecular complexity index is 433. The van der Waals surface area contributed by atoms with Gasteiger partial charge in [0.25, 0.3) is 0 Å². The predicted molar refractivity (Wildman–Crippen MR) is 67.1 cm³/mol. The Balaban J connectivity index is 2.91. The van der Waals surface area contributed by atoms with Crippen LogP contribution in [0.1, 0.15) is 18.3 Å². The molecule has 1 heterocycles. The summed E-state index contributed by atoms with van der Waals surface area (Å²) in [5.74, 6) is 0. The summed E-state index contributed by atoms with van der Waals surface area (Å²) < 4.78 is 1.74. The van der Waals surface area contributed by atoms with Crippen molar-refractivity contribution in [3.63, 3.8) is 0 Å². The normalized spacial score (nSPS) is 11.2. The van der Waals surface area contributed by atoms with Crippen LogP contribution in [-0.2, 0) is 6.54 Å². The highest BCUT2D eigenvalue weighted by molar-refractivity contribution is 7.80. The number of hydrogen-bond donors (Lipinski definition) is 2. The quantitative estimate of drug-likeness (QED) is 0.342. The minimum Gasteiger partial charge on any atom is -0.375 e. The van der Waals surface area contributed by atoms with E-state index in [1.54, 1.807) is 17.7 Å². The molecule has 16 heavy (non-hydrogen) atoms. The maximum Gasteiger partial charge on any atom is 0.184 e. The zero-order valence-electron chi connectivity index (χ0n) is 9.27. The molecule has 0 amide bonds. The van der Waals surface area contributed by atoms with Gasteiger partial charge in [-0.15, -0.1) is 11.7 Å². The van der Waals surface area contributed by atoms with Crippen LogP contribution < -0.4 is 11.2 Å². The van der Waals surface area contributed by atoms with E-state index in [9.17, 15) is 0 Å². The topological polar surface area (TPSA) is 81.1 Å². The summed E-state index contributed by atoms with van der Waals surface area (Å²) in [5, 5.41) is 12.1. The van der Waals surface area contributed by atoms with E-state index in [1.165, 1.54) is 0 Å². The summed E-state index contributed by atoms with van der Waals surface area (Å²) in [6.45, 7) is 7.99. The number of hydrogen-bond acceptors (Lipinski definition) is 4. The van der Waals surface area contributed by atoms with Crippen molar-refractivity contribution < 1.29 is 0 Å². The molecule has 0 aliphatic rings. The molecule has 1 aromatic heterocycles. The fourth-order valence-corrected chi connectivity index (χ4v) is 1.23. The smallest absolute Gasteiger partial charge is 0.184 e. The van der Waals surface area contributed by atoms with Crippen molar-refractivity contribution in [1.82, 2.24) is 20.4 Å². The van der Waals surface area contributed by atoms with Gasteiger partial charge in [-0.05, 0) is 26.1 Å². The molecule has 86 valence electrons. The first-order valence-corrected chi connectivity index (χ1v) is 5.08. The van der Waals surface area contributed by atoms with Crippen LogP contribution >= 0.6 is 12.2 Å². The largest absolute Gasteiger partial charge is 0.375 e. The number of nitrogens with zero attached hydrogens (tertiary/aromatic N) is 4. The molecule has 0 saturated heterocycles. The van der Waals surface area contributed by atoms with E-state index in [4.69, 9.17) is 5.73 Å².